The van der Waals surface area contributed by atoms with Gasteiger partial charge in [0.2, 0.25) is 0 Å². The predicted molar refractivity (Wildman–Crippen MR) is 109 cm³/mol. The summed E-state index contributed by atoms with van der Waals surface area (Å²) in [6.07, 6.45) is -20.1. The van der Waals surface area contributed by atoms with Crippen LogP contribution < -0.4 is 10.2 Å². The number of hydrogen-bond acceptors (Lipinski definition) is 18. The van der Waals surface area contributed by atoms with Crippen LogP contribution in [-0.4, -0.2) is 187 Å². The van der Waals surface area contributed by atoms with Gasteiger partial charge in [0, 0.05) is 0 Å². The Bertz CT molecular complexity index is 644. The maximum atomic E-state index is 11.0. The van der Waals surface area contributed by atoms with Crippen molar-refractivity contribution in [2.45, 2.75) is 74.9 Å². The number of carboxylic acids is 2. The van der Waals surface area contributed by atoms with Crippen LogP contribution >= 0.6 is 0 Å². The first-order valence-electron chi connectivity index (χ1n) is 9.93. The van der Waals surface area contributed by atoms with Gasteiger partial charge in [-0.2, -0.15) is 0 Å². The summed E-state index contributed by atoms with van der Waals surface area (Å²) in [5, 5.41) is 111. The first-order chi connectivity index (χ1) is 16.4. The molecule has 0 aliphatic heterocycles. The molecule has 37 heavy (non-hydrogen) atoms. The van der Waals surface area contributed by atoms with E-state index in [1.165, 1.54) is 0 Å². The second-order valence-electron chi connectivity index (χ2n) is 7.17. The first kappa shape index (κ1) is 40.2. The minimum atomic E-state index is -2.29. The molecule has 0 saturated heterocycles. The van der Waals surface area contributed by atoms with E-state index in [0.29, 0.717) is 0 Å². The van der Waals surface area contributed by atoms with Crippen LogP contribution in [0.1, 0.15) is 13.8 Å². The van der Waals surface area contributed by atoms with Crippen LogP contribution in [-0.2, 0) is 28.7 Å². The van der Waals surface area contributed by atoms with Gasteiger partial charge in [-0.3, -0.25) is 0 Å². The molecule has 212 valence electrons. The average Bonchev–Trinajstić information content (AvgIpc) is 2.82. The number of aliphatic carboxylic acids is 2. The molecule has 0 rings (SSSR count). The summed E-state index contributed by atoms with van der Waals surface area (Å²) in [5.74, 6) is -6.76. The fraction of sp³-hybridized carbons (Fsp3) is 0.778. The molecule has 0 aliphatic carbocycles. The second kappa shape index (κ2) is 19.8. The van der Waals surface area contributed by atoms with Crippen molar-refractivity contribution in [3.63, 3.8) is 0 Å². The standard InChI is InChI=1S/2C9H16O9.Ca/c2*1-3(11)9(17)18-7(8(15)16)6(14)5(13)4(12)2-10;/h2*3-7,10-14H,2H2,1H3,(H,15,16);/q;;+2/p-2/t2*3?,4-,5-,6+,7-;/m11./s1. The van der Waals surface area contributed by atoms with E-state index in [9.17, 15) is 49.8 Å². The van der Waals surface area contributed by atoms with Gasteiger partial charge in [0.25, 0.3) is 0 Å². The zero-order chi connectivity index (χ0) is 28.9. The summed E-state index contributed by atoms with van der Waals surface area (Å²) in [5.41, 5.74) is 0. The van der Waals surface area contributed by atoms with Gasteiger partial charge in [0.15, 0.2) is 12.2 Å². The van der Waals surface area contributed by atoms with E-state index in [1.807, 2.05) is 0 Å². The Kier molecular flexibility index (Phi) is 21.5. The van der Waals surface area contributed by atoms with Crippen LogP contribution in [0.15, 0.2) is 0 Å². The van der Waals surface area contributed by atoms with Crippen LogP contribution in [0.5, 0.6) is 0 Å². The van der Waals surface area contributed by atoms with E-state index in [2.05, 4.69) is 9.47 Å². The van der Waals surface area contributed by atoms with Crippen LogP contribution in [0.4, 0.5) is 0 Å². The molecule has 10 N–H and O–H groups in total. The summed E-state index contributed by atoms with van der Waals surface area (Å²) in [7, 11) is 0. The largest absolute Gasteiger partial charge is 2.00 e. The molecule has 2 unspecified atom stereocenters. The SMILES string of the molecule is CC(O)C(=O)O[C@@H](C(=O)[O-])[C@@H](O)[C@H](O)[C@H](O)CO.CC(O)C(=O)O[C@@H](C(=O)[O-])[C@@H](O)[C@H](O)[C@H](O)CO.[Ca+2]. The first-order valence-corrected chi connectivity index (χ1v) is 9.93. The fourth-order valence-electron chi connectivity index (χ4n) is 1.99. The normalized spacial score (nSPS) is 18.9. The molecule has 10 atom stereocenters. The van der Waals surface area contributed by atoms with Crippen LogP contribution in [0.3, 0.4) is 0 Å². The van der Waals surface area contributed by atoms with E-state index in [0.717, 1.165) is 13.8 Å². The molecule has 0 saturated carbocycles. The zero-order valence-electron chi connectivity index (χ0n) is 19.6. The molecule has 0 aromatic carbocycles. The molecular formula is C18H30CaO18. The molecule has 19 heteroatoms. The van der Waals surface area contributed by atoms with Crippen molar-refractivity contribution in [1.82, 2.24) is 0 Å². The van der Waals surface area contributed by atoms with Crippen molar-refractivity contribution in [3.8, 4) is 0 Å². The third-order valence-corrected chi connectivity index (χ3v) is 4.12. The van der Waals surface area contributed by atoms with Crippen LogP contribution in [0, 0.1) is 0 Å². The number of aliphatic hydroxyl groups excluding tert-OH is 10. The van der Waals surface area contributed by atoms with E-state index in [1.54, 1.807) is 0 Å². The number of hydrogen-bond donors (Lipinski definition) is 10. The summed E-state index contributed by atoms with van der Waals surface area (Å²) in [4.78, 5) is 43.2. The zero-order valence-corrected chi connectivity index (χ0v) is 21.8. The molecule has 0 aromatic heterocycles. The molecule has 0 spiro atoms. The van der Waals surface area contributed by atoms with Gasteiger partial charge in [-0.1, -0.05) is 0 Å². The molecule has 0 aromatic rings. The second-order valence-corrected chi connectivity index (χ2v) is 7.17. The Hall–Kier alpha value is -1.26. The van der Waals surface area contributed by atoms with Crippen molar-refractivity contribution >= 4 is 61.6 Å². The number of ether oxygens (including phenoxy) is 2. The van der Waals surface area contributed by atoms with Gasteiger partial charge in [0.1, 0.15) is 48.8 Å². The van der Waals surface area contributed by atoms with Gasteiger partial charge < -0.3 is 80.3 Å². The number of rotatable bonds is 14. The Morgan fingerprint density at radius 1 is 0.595 bits per heavy atom. The smallest absolute Gasteiger partial charge is 0.546 e. The van der Waals surface area contributed by atoms with Crippen LogP contribution in [0.25, 0.3) is 0 Å². The molecule has 0 heterocycles. The molecule has 0 aliphatic rings. The topological polar surface area (TPSA) is 335 Å². The summed E-state index contributed by atoms with van der Waals surface area (Å²) in [6.45, 7) is 0.116. The van der Waals surface area contributed by atoms with E-state index >= 15 is 0 Å². The minimum absolute atomic E-state index is 0. The van der Waals surface area contributed by atoms with Crippen molar-refractivity contribution < 1.29 is 89.9 Å². The Balaban J connectivity index is -0.000000608. The number of carboxylic acid groups (broad SMARTS) is 2. The number of aliphatic hydroxyl groups is 10. The molecular weight excluding hydrogens is 544 g/mol. The fourth-order valence-corrected chi connectivity index (χ4v) is 1.99. The Labute approximate surface area is 238 Å². The monoisotopic (exact) mass is 574 g/mol. The predicted octanol–water partition coefficient (Wildman–Crippen LogP) is -10.2. The van der Waals surface area contributed by atoms with Crippen molar-refractivity contribution in [1.29, 1.82) is 0 Å². The van der Waals surface area contributed by atoms with Crippen molar-refractivity contribution in [3.05, 3.63) is 0 Å². The minimum Gasteiger partial charge on any atom is -0.546 e. The maximum absolute atomic E-state index is 11.0. The molecule has 18 nitrogen and oxygen atoms in total. The van der Waals surface area contributed by atoms with E-state index in [4.69, 9.17) is 30.6 Å². The Morgan fingerprint density at radius 2 is 0.838 bits per heavy atom. The quantitative estimate of drug-likeness (QED) is 0.0679. The van der Waals surface area contributed by atoms with Crippen LogP contribution in [0.2, 0.25) is 0 Å². The summed E-state index contributed by atoms with van der Waals surface area (Å²) >= 11 is 0. The number of carbonyl (C=O) groups is 4. The Morgan fingerprint density at radius 3 is 1.00 bits per heavy atom. The number of carbonyl (C=O) groups excluding carboxylic acids is 4. The molecule has 0 amide bonds. The molecule has 0 fully saturated rings. The number of esters is 2. The average molecular weight is 574 g/mol. The van der Waals surface area contributed by atoms with Crippen molar-refractivity contribution in [2.75, 3.05) is 13.2 Å². The van der Waals surface area contributed by atoms with Gasteiger partial charge in [0.05, 0.1) is 25.2 Å². The summed E-state index contributed by atoms with van der Waals surface area (Å²) < 4.78 is 8.39. The van der Waals surface area contributed by atoms with E-state index < -0.39 is 98.1 Å². The van der Waals surface area contributed by atoms with Gasteiger partial charge in [-0.05, 0) is 13.8 Å². The van der Waals surface area contributed by atoms with E-state index in [-0.39, 0.29) is 37.7 Å². The van der Waals surface area contributed by atoms with Gasteiger partial charge >= 0.3 is 49.7 Å². The molecule has 0 radical (unpaired) electrons. The van der Waals surface area contributed by atoms with Gasteiger partial charge in [-0.25, -0.2) is 9.59 Å². The third-order valence-electron chi connectivity index (χ3n) is 4.12. The third kappa shape index (κ3) is 14.5. The van der Waals surface area contributed by atoms with Gasteiger partial charge in [-0.15, -0.1) is 0 Å². The summed E-state index contributed by atoms with van der Waals surface area (Å²) in [6, 6.07) is 0. The maximum Gasteiger partial charge on any atom is 2.00 e. The molecule has 0 bridgehead atoms. The van der Waals surface area contributed by atoms with Crippen molar-refractivity contribution in [2.24, 2.45) is 0 Å².